The fourth-order valence-corrected chi connectivity index (χ4v) is 4.10. The lowest BCUT2D eigenvalue weighted by atomic mass is 10.1. The number of hydrogen-bond donors (Lipinski definition) is 1. The molecule has 0 atom stereocenters. The summed E-state index contributed by atoms with van der Waals surface area (Å²) in [5.74, 6) is 0. The van der Waals surface area contributed by atoms with E-state index in [9.17, 15) is 28.6 Å². The summed E-state index contributed by atoms with van der Waals surface area (Å²) in [6, 6.07) is 7.11. The Hall–Kier alpha value is -2.76. The zero-order valence-corrected chi connectivity index (χ0v) is 17.4. The van der Waals surface area contributed by atoms with Gasteiger partial charge in [-0.3, -0.25) is 20.2 Å². The van der Waals surface area contributed by atoms with Crippen molar-refractivity contribution >= 4 is 38.7 Å². The van der Waals surface area contributed by atoms with Gasteiger partial charge in [-0.15, -0.1) is 0 Å². The molecule has 29 heavy (non-hydrogen) atoms. The van der Waals surface area contributed by atoms with Gasteiger partial charge in [0.15, 0.2) is 0 Å². The van der Waals surface area contributed by atoms with Crippen LogP contribution in [0.1, 0.15) is 19.4 Å². The van der Waals surface area contributed by atoms with E-state index in [4.69, 9.17) is 11.6 Å². The summed E-state index contributed by atoms with van der Waals surface area (Å²) in [5.41, 5.74) is -0.0360. The second-order valence-corrected chi connectivity index (χ2v) is 8.69. The van der Waals surface area contributed by atoms with Crippen LogP contribution in [-0.2, 0) is 16.6 Å². The normalized spacial score (nSPS) is 11.5. The van der Waals surface area contributed by atoms with Crippen molar-refractivity contribution in [1.82, 2.24) is 4.72 Å². The highest BCUT2D eigenvalue weighted by molar-refractivity contribution is 7.89. The lowest BCUT2D eigenvalue weighted by Crippen LogP contribution is -2.30. The quantitative estimate of drug-likeness (QED) is 0.488. The lowest BCUT2D eigenvalue weighted by Gasteiger charge is -2.20. The number of nitro benzene ring substituents is 2. The van der Waals surface area contributed by atoms with Gasteiger partial charge in [-0.2, -0.15) is 0 Å². The molecule has 0 bridgehead atoms. The van der Waals surface area contributed by atoms with E-state index in [1.807, 2.05) is 0 Å². The van der Waals surface area contributed by atoms with Gasteiger partial charge in [0.2, 0.25) is 10.0 Å². The Morgan fingerprint density at radius 3 is 2.31 bits per heavy atom. The van der Waals surface area contributed by atoms with E-state index in [0.717, 1.165) is 6.07 Å². The van der Waals surface area contributed by atoms with E-state index in [1.165, 1.54) is 42.3 Å². The minimum Gasteiger partial charge on any atom is -0.365 e. The smallest absolute Gasteiger partial charge is 0.293 e. The second kappa shape index (κ2) is 8.72. The van der Waals surface area contributed by atoms with Crippen LogP contribution in [-0.4, -0.2) is 31.4 Å². The van der Waals surface area contributed by atoms with Crippen molar-refractivity contribution in [2.45, 2.75) is 31.3 Å². The lowest BCUT2D eigenvalue weighted by molar-refractivity contribution is -0.384. The molecule has 156 valence electrons. The molecule has 2 aromatic rings. The van der Waals surface area contributed by atoms with Crippen LogP contribution < -0.4 is 9.62 Å². The third-order valence-corrected chi connectivity index (χ3v) is 5.93. The molecule has 0 radical (unpaired) electrons. The first kappa shape index (κ1) is 22.5. The van der Waals surface area contributed by atoms with Gasteiger partial charge in [0, 0.05) is 42.9 Å². The number of hydrogen-bond acceptors (Lipinski definition) is 7. The number of nitrogens with one attached hydrogen (secondary N) is 1. The molecule has 12 heteroatoms. The van der Waals surface area contributed by atoms with Crippen molar-refractivity contribution in [2.75, 3.05) is 11.9 Å². The average Bonchev–Trinajstić information content (AvgIpc) is 2.61. The Balaban J connectivity index is 2.43. The van der Waals surface area contributed by atoms with Crippen LogP contribution in [0.3, 0.4) is 0 Å². The standard InChI is InChI=1S/C17H19ClN4O6S/c1-11(2)19-29(27,28)14-5-7-16(17(9-14)22(25)26)20(3)10-12-8-13(21(23)24)4-6-15(12)18/h4-9,11,19H,10H2,1-3H3. The van der Waals surface area contributed by atoms with Gasteiger partial charge in [-0.05, 0) is 37.6 Å². The molecule has 1 N–H and O–H groups in total. The van der Waals surface area contributed by atoms with Gasteiger partial charge in [0.1, 0.15) is 5.69 Å². The van der Waals surface area contributed by atoms with Crippen LogP contribution in [0.25, 0.3) is 0 Å². The van der Waals surface area contributed by atoms with Crippen molar-refractivity contribution < 1.29 is 18.3 Å². The highest BCUT2D eigenvalue weighted by Gasteiger charge is 2.24. The largest absolute Gasteiger partial charge is 0.365 e. The Kier molecular flexibility index (Phi) is 6.77. The number of anilines is 1. The van der Waals surface area contributed by atoms with E-state index in [-0.39, 0.29) is 33.9 Å². The van der Waals surface area contributed by atoms with Crippen molar-refractivity contribution in [1.29, 1.82) is 0 Å². The maximum atomic E-state index is 12.3. The molecule has 0 unspecified atom stereocenters. The molecule has 0 spiro atoms. The minimum atomic E-state index is -3.91. The summed E-state index contributed by atoms with van der Waals surface area (Å²) in [4.78, 5) is 22.5. The third-order valence-electron chi connectivity index (χ3n) is 3.90. The number of halogens is 1. The molecular weight excluding hydrogens is 424 g/mol. The van der Waals surface area contributed by atoms with Crippen LogP contribution in [0, 0.1) is 20.2 Å². The SMILES string of the molecule is CC(C)NS(=O)(=O)c1ccc(N(C)Cc2cc([N+](=O)[O-])ccc2Cl)c([N+](=O)[O-])c1. The van der Waals surface area contributed by atoms with E-state index in [0.29, 0.717) is 5.56 Å². The molecule has 0 aliphatic carbocycles. The van der Waals surface area contributed by atoms with E-state index < -0.39 is 25.6 Å². The Morgan fingerprint density at radius 1 is 1.10 bits per heavy atom. The zero-order chi connectivity index (χ0) is 21.9. The van der Waals surface area contributed by atoms with E-state index >= 15 is 0 Å². The predicted molar refractivity (Wildman–Crippen MR) is 109 cm³/mol. The van der Waals surface area contributed by atoms with Gasteiger partial charge in [0.05, 0.1) is 14.7 Å². The van der Waals surface area contributed by atoms with Gasteiger partial charge in [0.25, 0.3) is 11.4 Å². The van der Waals surface area contributed by atoms with Gasteiger partial charge >= 0.3 is 0 Å². The predicted octanol–water partition coefficient (Wildman–Crippen LogP) is 3.48. The van der Waals surface area contributed by atoms with Crippen LogP contribution >= 0.6 is 11.6 Å². The number of non-ortho nitro benzene ring substituents is 1. The summed E-state index contributed by atoms with van der Waals surface area (Å²) < 4.78 is 27.0. The topological polar surface area (TPSA) is 136 Å². The first-order chi connectivity index (χ1) is 13.4. The van der Waals surface area contributed by atoms with Crippen LogP contribution in [0.4, 0.5) is 17.1 Å². The molecule has 0 fully saturated rings. The molecule has 2 rings (SSSR count). The van der Waals surface area contributed by atoms with Gasteiger partial charge < -0.3 is 4.90 Å². The van der Waals surface area contributed by atoms with Crippen LogP contribution in [0.15, 0.2) is 41.3 Å². The first-order valence-electron chi connectivity index (χ1n) is 8.37. The Labute approximate surface area is 172 Å². The minimum absolute atomic E-state index is 0.0394. The van der Waals surface area contributed by atoms with E-state index in [1.54, 1.807) is 13.8 Å². The molecule has 0 saturated heterocycles. The molecular formula is C17H19ClN4O6S. The van der Waals surface area contributed by atoms with Crippen molar-refractivity contribution in [3.8, 4) is 0 Å². The second-order valence-electron chi connectivity index (χ2n) is 6.57. The summed E-state index contributed by atoms with van der Waals surface area (Å²) in [5, 5.41) is 22.8. The van der Waals surface area contributed by atoms with Gasteiger partial charge in [-0.25, -0.2) is 13.1 Å². The Bertz CT molecular complexity index is 1060. The number of rotatable bonds is 8. The number of nitrogens with zero attached hydrogens (tertiary/aromatic N) is 3. The molecule has 0 saturated carbocycles. The van der Waals surface area contributed by atoms with Gasteiger partial charge in [-0.1, -0.05) is 11.6 Å². The summed E-state index contributed by atoms with van der Waals surface area (Å²) in [6.07, 6.45) is 0. The molecule has 0 aliphatic heterocycles. The average molecular weight is 443 g/mol. The fraction of sp³-hybridized carbons (Fsp3) is 0.294. The molecule has 2 aromatic carbocycles. The summed E-state index contributed by atoms with van der Waals surface area (Å²) >= 11 is 6.10. The van der Waals surface area contributed by atoms with E-state index in [2.05, 4.69) is 4.72 Å². The highest BCUT2D eigenvalue weighted by atomic mass is 35.5. The van der Waals surface area contributed by atoms with Crippen molar-refractivity contribution in [3.63, 3.8) is 0 Å². The molecule has 0 amide bonds. The Morgan fingerprint density at radius 2 is 1.76 bits per heavy atom. The number of sulfonamides is 1. The maximum Gasteiger partial charge on any atom is 0.293 e. The number of benzene rings is 2. The number of nitro groups is 2. The highest BCUT2D eigenvalue weighted by Crippen LogP contribution is 2.32. The maximum absolute atomic E-state index is 12.3. The van der Waals surface area contributed by atoms with Crippen LogP contribution in [0.2, 0.25) is 5.02 Å². The zero-order valence-electron chi connectivity index (χ0n) is 15.8. The van der Waals surface area contributed by atoms with Crippen molar-refractivity contribution in [2.24, 2.45) is 0 Å². The summed E-state index contributed by atoms with van der Waals surface area (Å²) in [6.45, 7) is 3.31. The molecule has 0 aliphatic rings. The fourth-order valence-electron chi connectivity index (χ4n) is 2.65. The van der Waals surface area contributed by atoms with Crippen molar-refractivity contribution in [3.05, 3.63) is 67.2 Å². The first-order valence-corrected chi connectivity index (χ1v) is 10.2. The summed E-state index contributed by atoms with van der Waals surface area (Å²) in [7, 11) is -2.37. The molecule has 10 nitrogen and oxygen atoms in total. The van der Waals surface area contributed by atoms with Crippen LogP contribution in [0.5, 0.6) is 0 Å². The molecule has 0 aromatic heterocycles. The third kappa shape index (κ3) is 5.40. The monoisotopic (exact) mass is 442 g/mol. The molecule has 0 heterocycles.